The van der Waals surface area contributed by atoms with Gasteiger partial charge in [-0.25, -0.2) is 10.2 Å². The highest BCUT2D eigenvalue weighted by atomic mass is 35.5. The van der Waals surface area contributed by atoms with E-state index in [1.54, 1.807) is 18.4 Å². The number of allylic oxidation sites excluding steroid dienone is 2. The Morgan fingerprint density at radius 1 is 1.24 bits per heavy atom. The Labute approximate surface area is 105 Å². The summed E-state index contributed by atoms with van der Waals surface area (Å²) < 4.78 is 0. The highest BCUT2D eigenvalue weighted by Gasteiger charge is 2.13. The lowest BCUT2D eigenvalue weighted by Crippen LogP contribution is -2.44. The van der Waals surface area contributed by atoms with Crippen molar-refractivity contribution >= 4 is 23.3 Å². The van der Waals surface area contributed by atoms with Crippen molar-refractivity contribution in [1.82, 2.24) is 10.4 Å². The first-order valence-electron chi connectivity index (χ1n) is 5.16. The molecule has 0 saturated carbocycles. The van der Waals surface area contributed by atoms with Crippen LogP contribution in [0.3, 0.4) is 0 Å². The van der Waals surface area contributed by atoms with E-state index in [2.05, 4.69) is 10.7 Å². The predicted octanol–water partition coefficient (Wildman–Crippen LogP) is 2.67. The van der Waals surface area contributed by atoms with Crippen LogP contribution in [0.5, 0.6) is 0 Å². The van der Waals surface area contributed by atoms with Gasteiger partial charge in [-0.1, -0.05) is 35.9 Å². The Balaban J connectivity index is 1.90. The molecule has 88 valence electrons. The van der Waals surface area contributed by atoms with Crippen LogP contribution in [-0.2, 0) is 0 Å². The second-order valence-electron chi connectivity index (χ2n) is 3.44. The molecule has 5 heteroatoms. The molecular weight excluding hydrogens is 238 g/mol. The van der Waals surface area contributed by atoms with E-state index in [0.717, 1.165) is 5.69 Å². The molecule has 0 spiro atoms. The van der Waals surface area contributed by atoms with Crippen molar-refractivity contribution in [3.8, 4) is 0 Å². The van der Waals surface area contributed by atoms with Gasteiger partial charge in [0.1, 0.15) is 5.50 Å². The molecule has 0 saturated heterocycles. The van der Waals surface area contributed by atoms with Crippen LogP contribution in [0.15, 0.2) is 54.8 Å². The molecule has 2 N–H and O–H groups in total. The van der Waals surface area contributed by atoms with Crippen LogP contribution in [0.2, 0.25) is 0 Å². The van der Waals surface area contributed by atoms with E-state index in [9.17, 15) is 4.79 Å². The summed E-state index contributed by atoms with van der Waals surface area (Å²) in [4.78, 5) is 11.6. The summed E-state index contributed by atoms with van der Waals surface area (Å²) in [6, 6.07) is 8.87. The summed E-state index contributed by atoms with van der Waals surface area (Å²) in [5.74, 6) is 0. The summed E-state index contributed by atoms with van der Waals surface area (Å²) in [5, 5.41) is 4.22. The second kappa shape index (κ2) is 5.41. The number of hydrazine groups is 1. The molecule has 1 aromatic rings. The van der Waals surface area contributed by atoms with Crippen molar-refractivity contribution in [3.05, 3.63) is 54.8 Å². The van der Waals surface area contributed by atoms with Crippen molar-refractivity contribution in [2.24, 2.45) is 0 Å². The Morgan fingerprint density at radius 3 is 2.71 bits per heavy atom. The van der Waals surface area contributed by atoms with Gasteiger partial charge in [-0.2, -0.15) is 0 Å². The average Bonchev–Trinajstić information content (AvgIpc) is 2.33. The van der Waals surface area contributed by atoms with Crippen molar-refractivity contribution in [3.63, 3.8) is 0 Å². The fourth-order valence-electron chi connectivity index (χ4n) is 1.37. The van der Waals surface area contributed by atoms with Crippen LogP contribution in [0, 0.1) is 0 Å². The van der Waals surface area contributed by atoms with Crippen molar-refractivity contribution < 1.29 is 4.79 Å². The molecule has 2 rings (SSSR count). The standard InChI is InChI=1S/C12H12ClN3O/c13-11-8-4-5-9-16(11)15-12(17)14-10-6-2-1-3-7-10/h1-9,11H,(H2,14,15,17). The number of para-hydroxylation sites is 1. The first-order chi connectivity index (χ1) is 8.25. The largest absolute Gasteiger partial charge is 0.338 e. The van der Waals surface area contributed by atoms with E-state index in [1.165, 1.54) is 5.01 Å². The number of carbonyl (C=O) groups is 1. The van der Waals surface area contributed by atoms with E-state index in [1.807, 2.05) is 36.4 Å². The van der Waals surface area contributed by atoms with Gasteiger partial charge in [-0.3, -0.25) is 5.01 Å². The minimum absolute atomic E-state index is 0.332. The number of benzene rings is 1. The van der Waals surface area contributed by atoms with E-state index < -0.39 is 0 Å². The number of urea groups is 1. The molecule has 1 aromatic carbocycles. The third-order valence-electron chi connectivity index (χ3n) is 2.16. The number of hydrogen-bond donors (Lipinski definition) is 2. The maximum Gasteiger partial charge on any atom is 0.338 e. The molecule has 0 aliphatic carbocycles. The number of amides is 2. The number of anilines is 1. The van der Waals surface area contributed by atoms with Gasteiger partial charge in [0.2, 0.25) is 0 Å². The Morgan fingerprint density at radius 2 is 2.00 bits per heavy atom. The summed E-state index contributed by atoms with van der Waals surface area (Å²) in [6.07, 6.45) is 7.08. The van der Waals surface area contributed by atoms with Crippen molar-refractivity contribution in [1.29, 1.82) is 0 Å². The molecule has 4 nitrogen and oxygen atoms in total. The van der Waals surface area contributed by atoms with Gasteiger partial charge in [0.05, 0.1) is 0 Å². The Bertz CT molecular complexity index is 444. The van der Waals surface area contributed by atoms with E-state index in [4.69, 9.17) is 11.6 Å². The van der Waals surface area contributed by atoms with Crippen LogP contribution >= 0.6 is 11.6 Å². The van der Waals surface area contributed by atoms with Crippen LogP contribution in [0.1, 0.15) is 0 Å². The zero-order valence-corrected chi connectivity index (χ0v) is 9.76. The van der Waals surface area contributed by atoms with Crippen LogP contribution in [0.25, 0.3) is 0 Å². The Kier molecular flexibility index (Phi) is 3.67. The third kappa shape index (κ3) is 3.26. The van der Waals surface area contributed by atoms with Gasteiger partial charge in [0, 0.05) is 11.9 Å². The minimum Gasteiger partial charge on any atom is -0.307 e. The summed E-state index contributed by atoms with van der Waals surface area (Å²) in [6.45, 7) is 0. The molecule has 0 fully saturated rings. The molecule has 1 heterocycles. The number of nitrogens with one attached hydrogen (secondary N) is 2. The molecule has 2 amide bonds. The van der Waals surface area contributed by atoms with E-state index in [0.29, 0.717) is 0 Å². The highest BCUT2D eigenvalue weighted by Crippen LogP contribution is 2.10. The predicted molar refractivity (Wildman–Crippen MR) is 68.4 cm³/mol. The number of nitrogens with zero attached hydrogens (tertiary/aromatic N) is 1. The fraction of sp³-hybridized carbons (Fsp3) is 0.0833. The van der Waals surface area contributed by atoms with Gasteiger partial charge >= 0.3 is 6.03 Å². The maximum absolute atomic E-state index is 11.6. The third-order valence-corrected chi connectivity index (χ3v) is 2.51. The van der Waals surface area contributed by atoms with Gasteiger partial charge in [0.15, 0.2) is 0 Å². The summed E-state index contributed by atoms with van der Waals surface area (Å²) in [7, 11) is 0. The topological polar surface area (TPSA) is 44.4 Å². The van der Waals surface area contributed by atoms with E-state index in [-0.39, 0.29) is 11.5 Å². The van der Waals surface area contributed by atoms with Crippen molar-refractivity contribution in [2.75, 3.05) is 5.32 Å². The smallest absolute Gasteiger partial charge is 0.307 e. The molecule has 0 aromatic heterocycles. The number of carbonyl (C=O) groups excluding carboxylic acids is 1. The first kappa shape index (κ1) is 11.5. The second-order valence-corrected chi connectivity index (χ2v) is 3.89. The first-order valence-corrected chi connectivity index (χ1v) is 5.59. The molecule has 1 aliphatic rings. The van der Waals surface area contributed by atoms with Gasteiger partial charge in [-0.15, -0.1) is 0 Å². The van der Waals surface area contributed by atoms with Crippen LogP contribution < -0.4 is 10.7 Å². The average molecular weight is 250 g/mol. The monoisotopic (exact) mass is 249 g/mol. The Hall–Kier alpha value is -1.94. The quantitative estimate of drug-likeness (QED) is 0.625. The number of rotatable bonds is 2. The SMILES string of the molecule is O=C(Nc1ccccc1)NN1C=CC=CC1Cl. The van der Waals surface area contributed by atoms with Crippen LogP contribution in [0.4, 0.5) is 10.5 Å². The van der Waals surface area contributed by atoms with Gasteiger partial charge in [-0.05, 0) is 24.3 Å². The highest BCUT2D eigenvalue weighted by molar-refractivity contribution is 6.21. The zero-order chi connectivity index (χ0) is 12.1. The maximum atomic E-state index is 11.6. The molecule has 0 bridgehead atoms. The molecular formula is C12H12ClN3O. The summed E-state index contributed by atoms with van der Waals surface area (Å²) in [5.41, 5.74) is 2.99. The molecule has 1 unspecified atom stereocenters. The van der Waals surface area contributed by atoms with Gasteiger partial charge < -0.3 is 5.32 Å². The van der Waals surface area contributed by atoms with Gasteiger partial charge in [0.25, 0.3) is 0 Å². The lowest BCUT2D eigenvalue weighted by atomic mass is 10.3. The molecule has 1 atom stereocenters. The molecule has 17 heavy (non-hydrogen) atoms. The lowest BCUT2D eigenvalue weighted by molar-refractivity contribution is 0.220. The summed E-state index contributed by atoms with van der Waals surface area (Å²) >= 11 is 5.98. The number of hydrogen-bond acceptors (Lipinski definition) is 2. The molecule has 1 aliphatic heterocycles. The number of alkyl halides is 1. The molecule has 0 radical (unpaired) electrons. The zero-order valence-electron chi connectivity index (χ0n) is 9.01. The van der Waals surface area contributed by atoms with Crippen molar-refractivity contribution in [2.45, 2.75) is 5.50 Å². The fourth-order valence-corrected chi connectivity index (χ4v) is 1.57. The lowest BCUT2D eigenvalue weighted by Gasteiger charge is -2.25. The minimum atomic E-state index is -0.374. The normalized spacial score (nSPS) is 17.9. The number of halogens is 1. The van der Waals surface area contributed by atoms with E-state index >= 15 is 0 Å². The van der Waals surface area contributed by atoms with Crippen LogP contribution in [-0.4, -0.2) is 16.5 Å².